The van der Waals surface area contributed by atoms with Gasteiger partial charge in [0.1, 0.15) is 5.82 Å². The summed E-state index contributed by atoms with van der Waals surface area (Å²) in [6.07, 6.45) is 1.88. The minimum atomic E-state index is -0.285. The molecule has 0 saturated heterocycles. The number of hydrogen-bond donors (Lipinski definition) is 1. The van der Waals surface area contributed by atoms with Gasteiger partial charge in [0.2, 0.25) is 0 Å². The molecule has 1 heterocycles. The molecule has 0 bridgehead atoms. The van der Waals surface area contributed by atoms with E-state index < -0.39 is 0 Å². The van der Waals surface area contributed by atoms with Crippen LogP contribution in [0.1, 0.15) is 11.1 Å². The van der Waals surface area contributed by atoms with Crippen LogP contribution in [0.5, 0.6) is 0 Å². The number of nitrogen functional groups attached to an aromatic ring is 1. The van der Waals surface area contributed by atoms with Crippen LogP contribution in [0, 0.1) is 19.7 Å². The molecule has 0 unspecified atom stereocenters. The molecule has 0 amide bonds. The van der Waals surface area contributed by atoms with Crippen LogP contribution in [0.25, 0.3) is 11.3 Å². The van der Waals surface area contributed by atoms with Gasteiger partial charge >= 0.3 is 0 Å². The van der Waals surface area contributed by atoms with E-state index in [9.17, 15) is 4.39 Å². The monoisotopic (exact) mass is 219 g/mol. The number of hydrogen-bond acceptors (Lipinski definition) is 2. The van der Waals surface area contributed by atoms with Gasteiger partial charge in [0, 0.05) is 24.5 Å². The highest BCUT2D eigenvalue weighted by Crippen LogP contribution is 2.30. The summed E-state index contributed by atoms with van der Waals surface area (Å²) in [7, 11) is 1.83. The van der Waals surface area contributed by atoms with E-state index in [1.165, 1.54) is 12.1 Å². The predicted molar refractivity (Wildman–Crippen MR) is 62.5 cm³/mol. The first-order valence-electron chi connectivity index (χ1n) is 5.05. The molecule has 0 radical (unpaired) electrons. The lowest BCUT2D eigenvalue weighted by Crippen LogP contribution is -1.97. The van der Waals surface area contributed by atoms with E-state index in [0.717, 1.165) is 16.8 Å². The van der Waals surface area contributed by atoms with E-state index >= 15 is 0 Å². The van der Waals surface area contributed by atoms with Crippen molar-refractivity contribution in [1.82, 2.24) is 9.78 Å². The number of anilines is 1. The Morgan fingerprint density at radius 1 is 1.25 bits per heavy atom. The second-order valence-electron chi connectivity index (χ2n) is 4.02. The molecule has 84 valence electrons. The highest BCUT2D eigenvalue weighted by Gasteiger charge is 2.12. The molecular formula is C12H14FN3. The topological polar surface area (TPSA) is 43.8 Å². The summed E-state index contributed by atoms with van der Waals surface area (Å²) in [5.74, 6) is -0.285. The number of aryl methyl sites for hydroxylation is 3. The Balaban J connectivity index is 2.68. The first kappa shape index (κ1) is 10.7. The average Bonchev–Trinajstić information content (AvgIpc) is 2.51. The molecule has 0 aliphatic carbocycles. The van der Waals surface area contributed by atoms with Crippen molar-refractivity contribution in [2.45, 2.75) is 13.8 Å². The Kier molecular flexibility index (Phi) is 2.42. The maximum Gasteiger partial charge on any atom is 0.124 e. The van der Waals surface area contributed by atoms with Gasteiger partial charge in [0.15, 0.2) is 0 Å². The van der Waals surface area contributed by atoms with Gasteiger partial charge in [-0.25, -0.2) is 4.39 Å². The minimum Gasteiger partial charge on any atom is -0.398 e. The van der Waals surface area contributed by atoms with Gasteiger partial charge in [-0.15, -0.1) is 0 Å². The maximum absolute atomic E-state index is 13.3. The number of benzene rings is 1. The van der Waals surface area contributed by atoms with E-state index in [4.69, 9.17) is 5.73 Å². The zero-order valence-electron chi connectivity index (χ0n) is 9.58. The van der Waals surface area contributed by atoms with Gasteiger partial charge in [0.25, 0.3) is 0 Å². The summed E-state index contributed by atoms with van der Waals surface area (Å²) >= 11 is 0. The van der Waals surface area contributed by atoms with Gasteiger partial charge in [0.05, 0.1) is 5.69 Å². The van der Waals surface area contributed by atoms with Crippen LogP contribution in [0.4, 0.5) is 10.1 Å². The molecule has 0 spiro atoms. The lowest BCUT2D eigenvalue weighted by Gasteiger charge is -2.07. The molecule has 2 N–H and O–H groups in total. The highest BCUT2D eigenvalue weighted by atomic mass is 19.1. The van der Waals surface area contributed by atoms with Crippen molar-refractivity contribution >= 4 is 5.69 Å². The van der Waals surface area contributed by atoms with Crippen LogP contribution < -0.4 is 5.73 Å². The molecular weight excluding hydrogens is 205 g/mol. The van der Waals surface area contributed by atoms with Crippen LogP contribution in [-0.2, 0) is 7.05 Å². The maximum atomic E-state index is 13.3. The minimum absolute atomic E-state index is 0.285. The van der Waals surface area contributed by atoms with E-state index in [2.05, 4.69) is 5.10 Å². The van der Waals surface area contributed by atoms with Crippen molar-refractivity contribution < 1.29 is 4.39 Å². The number of nitrogens with zero attached hydrogens (tertiary/aromatic N) is 2. The van der Waals surface area contributed by atoms with Crippen molar-refractivity contribution in [3.63, 3.8) is 0 Å². The van der Waals surface area contributed by atoms with Crippen molar-refractivity contribution in [2.75, 3.05) is 5.73 Å². The molecule has 0 saturated carbocycles. The van der Waals surface area contributed by atoms with Gasteiger partial charge in [-0.05, 0) is 37.1 Å². The summed E-state index contributed by atoms with van der Waals surface area (Å²) in [6, 6.07) is 2.86. The van der Waals surface area contributed by atoms with Crippen molar-refractivity contribution in [3.05, 3.63) is 35.3 Å². The molecule has 16 heavy (non-hydrogen) atoms. The highest BCUT2D eigenvalue weighted by molar-refractivity contribution is 5.77. The number of rotatable bonds is 1. The lowest BCUT2D eigenvalue weighted by atomic mass is 10.0. The fraction of sp³-hybridized carbons (Fsp3) is 0.250. The van der Waals surface area contributed by atoms with Gasteiger partial charge < -0.3 is 5.73 Å². The van der Waals surface area contributed by atoms with Crippen LogP contribution in [-0.4, -0.2) is 9.78 Å². The Morgan fingerprint density at radius 2 is 1.94 bits per heavy atom. The zero-order chi connectivity index (χ0) is 11.9. The van der Waals surface area contributed by atoms with Crippen LogP contribution in [0.15, 0.2) is 18.3 Å². The molecule has 3 nitrogen and oxygen atoms in total. The standard InChI is InChI=1S/C12H14FN3/c1-7-4-9(13)5-10(11(7)14)12-8(2)6-16(3)15-12/h4-6H,14H2,1-3H3. The quantitative estimate of drug-likeness (QED) is 0.748. The fourth-order valence-corrected chi connectivity index (χ4v) is 1.82. The molecule has 0 fully saturated rings. The number of aromatic nitrogens is 2. The van der Waals surface area contributed by atoms with Crippen LogP contribution in [0.3, 0.4) is 0 Å². The van der Waals surface area contributed by atoms with Gasteiger partial charge in [-0.1, -0.05) is 0 Å². The van der Waals surface area contributed by atoms with E-state index in [1.807, 2.05) is 20.2 Å². The van der Waals surface area contributed by atoms with Gasteiger partial charge in [-0.2, -0.15) is 5.10 Å². The first-order valence-corrected chi connectivity index (χ1v) is 5.05. The van der Waals surface area contributed by atoms with Crippen molar-refractivity contribution in [1.29, 1.82) is 0 Å². The molecule has 0 atom stereocenters. The second-order valence-corrected chi connectivity index (χ2v) is 4.02. The summed E-state index contributed by atoms with van der Waals surface area (Å²) in [5.41, 5.74) is 9.65. The molecule has 0 aliphatic heterocycles. The third-order valence-electron chi connectivity index (χ3n) is 2.62. The molecule has 1 aromatic heterocycles. The van der Waals surface area contributed by atoms with Gasteiger partial charge in [-0.3, -0.25) is 4.68 Å². The van der Waals surface area contributed by atoms with Crippen molar-refractivity contribution in [3.8, 4) is 11.3 Å². The third kappa shape index (κ3) is 1.66. The Labute approximate surface area is 93.7 Å². The Bertz CT molecular complexity index is 543. The average molecular weight is 219 g/mol. The molecule has 2 aromatic rings. The normalized spacial score (nSPS) is 10.8. The van der Waals surface area contributed by atoms with E-state index in [1.54, 1.807) is 11.6 Å². The summed E-state index contributed by atoms with van der Waals surface area (Å²) < 4.78 is 15.0. The Morgan fingerprint density at radius 3 is 2.50 bits per heavy atom. The molecule has 1 aromatic carbocycles. The summed E-state index contributed by atoms with van der Waals surface area (Å²) in [5, 5.41) is 4.29. The molecule has 2 rings (SSSR count). The number of nitrogens with two attached hydrogens (primary N) is 1. The third-order valence-corrected chi connectivity index (χ3v) is 2.62. The summed E-state index contributed by atoms with van der Waals surface area (Å²) in [6.45, 7) is 3.72. The van der Waals surface area contributed by atoms with Crippen molar-refractivity contribution in [2.24, 2.45) is 7.05 Å². The van der Waals surface area contributed by atoms with E-state index in [0.29, 0.717) is 11.3 Å². The summed E-state index contributed by atoms with van der Waals surface area (Å²) in [4.78, 5) is 0. The largest absolute Gasteiger partial charge is 0.398 e. The zero-order valence-corrected chi connectivity index (χ0v) is 9.58. The molecule has 4 heteroatoms. The lowest BCUT2D eigenvalue weighted by molar-refractivity contribution is 0.627. The second kappa shape index (κ2) is 3.63. The number of halogens is 1. The first-order chi connectivity index (χ1) is 7.49. The van der Waals surface area contributed by atoms with E-state index in [-0.39, 0.29) is 5.82 Å². The smallest absolute Gasteiger partial charge is 0.124 e. The van der Waals surface area contributed by atoms with Crippen LogP contribution in [0.2, 0.25) is 0 Å². The molecule has 0 aliphatic rings. The van der Waals surface area contributed by atoms with Crippen LogP contribution >= 0.6 is 0 Å². The predicted octanol–water partition coefficient (Wildman–Crippen LogP) is 2.43. The SMILES string of the molecule is Cc1cn(C)nc1-c1cc(F)cc(C)c1N. The fourth-order valence-electron chi connectivity index (χ4n) is 1.82. The Hall–Kier alpha value is -1.84.